The van der Waals surface area contributed by atoms with Gasteiger partial charge in [-0.05, 0) is 19.4 Å². The van der Waals surface area contributed by atoms with Gasteiger partial charge < -0.3 is 7.97 Å². The quantitative estimate of drug-likeness (QED) is 0.464. The van der Waals surface area contributed by atoms with E-state index < -0.39 is 10.0 Å². The van der Waals surface area contributed by atoms with Crippen molar-refractivity contribution in [2.45, 2.75) is 19.8 Å². The molecule has 0 aromatic carbocycles. The number of hydrogen-bond donors (Lipinski definition) is 1. The Morgan fingerprint density at radius 3 is 2.50 bits per heavy atom. The molecule has 0 saturated heterocycles. The molecule has 0 radical (unpaired) electrons. The van der Waals surface area contributed by atoms with Gasteiger partial charge in [-0.1, -0.05) is 6.92 Å². The van der Waals surface area contributed by atoms with E-state index in [2.05, 4.69) is 16.5 Å². The highest BCUT2D eigenvalue weighted by atomic mass is 127. The monoisotopic (exact) mass is 364 g/mol. The summed E-state index contributed by atoms with van der Waals surface area (Å²) in [7, 11) is -3.06. The van der Waals surface area contributed by atoms with E-state index in [1.807, 2.05) is 23.0 Å². The number of hydrogen-bond acceptors (Lipinski definition) is 4. The molecule has 0 aliphatic heterocycles. The lowest BCUT2D eigenvalue weighted by molar-refractivity contribution is 0.257. The minimum absolute atomic E-state index is 0.476. The first-order valence-electron chi connectivity index (χ1n) is 5.40. The molecular formula is C9H21IN2O3S. The zero-order chi connectivity index (χ0) is 12.4. The summed E-state index contributed by atoms with van der Waals surface area (Å²) in [5.74, 6) is 0. The molecule has 0 amide bonds. The molecule has 0 aliphatic carbocycles. The fourth-order valence-electron chi connectivity index (χ4n) is 1.38. The molecular weight excluding hydrogens is 343 g/mol. The molecule has 0 aromatic rings. The standard InChI is InChI=1S/C9H21IN2O3S/c1-3-6-12(7-4-9-15-10)8-5-11-16(2,13)14/h11H,3-9H2,1-2H3. The van der Waals surface area contributed by atoms with Crippen LogP contribution >= 0.6 is 23.0 Å². The lowest BCUT2D eigenvalue weighted by Crippen LogP contribution is -2.35. The van der Waals surface area contributed by atoms with Gasteiger partial charge in [-0.15, -0.1) is 0 Å². The number of rotatable bonds is 10. The summed E-state index contributed by atoms with van der Waals surface area (Å²) in [6.07, 6.45) is 3.23. The van der Waals surface area contributed by atoms with Gasteiger partial charge in [-0.3, -0.25) is 0 Å². The minimum atomic E-state index is -3.06. The van der Waals surface area contributed by atoms with Crippen molar-refractivity contribution in [2.75, 3.05) is 39.0 Å². The fourth-order valence-corrected chi connectivity index (χ4v) is 2.16. The Bertz CT molecular complexity index is 259. The van der Waals surface area contributed by atoms with E-state index in [-0.39, 0.29) is 0 Å². The Kier molecular flexibility index (Phi) is 9.91. The smallest absolute Gasteiger partial charge is 0.208 e. The van der Waals surface area contributed by atoms with Crippen LogP contribution in [0.3, 0.4) is 0 Å². The molecule has 0 saturated carbocycles. The first-order valence-corrected chi connectivity index (χ1v) is 8.17. The average molecular weight is 364 g/mol. The topological polar surface area (TPSA) is 58.6 Å². The molecule has 16 heavy (non-hydrogen) atoms. The maximum atomic E-state index is 10.9. The molecule has 1 N–H and O–H groups in total. The third-order valence-corrected chi connectivity index (χ3v) is 3.20. The molecule has 0 unspecified atom stereocenters. The Hall–Kier alpha value is 0.560. The molecule has 5 nitrogen and oxygen atoms in total. The summed E-state index contributed by atoms with van der Waals surface area (Å²) in [6, 6.07) is 0. The summed E-state index contributed by atoms with van der Waals surface area (Å²) in [4.78, 5) is 2.24. The number of nitrogens with one attached hydrogen (secondary N) is 1. The van der Waals surface area contributed by atoms with Crippen LogP contribution in [0.25, 0.3) is 0 Å². The van der Waals surface area contributed by atoms with Crippen molar-refractivity contribution in [3.63, 3.8) is 0 Å². The molecule has 0 fully saturated rings. The van der Waals surface area contributed by atoms with Crippen LogP contribution in [0.1, 0.15) is 19.8 Å². The lowest BCUT2D eigenvalue weighted by atomic mass is 10.3. The second kappa shape index (κ2) is 9.58. The fraction of sp³-hybridized carbons (Fsp3) is 1.00. The average Bonchev–Trinajstić information content (AvgIpc) is 2.16. The van der Waals surface area contributed by atoms with E-state index in [0.717, 1.165) is 39.1 Å². The first kappa shape index (κ1) is 16.6. The van der Waals surface area contributed by atoms with E-state index in [4.69, 9.17) is 3.07 Å². The summed E-state index contributed by atoms with van der Waals surface area (Å²) < 4.78 is 29.2. The predicted molar refractivity (Wildman–Crippen MR) is 74.2 cm³/mol. The summed E-state index contributed by atoms with van der Waals surface area (Å²) in [6.45, 7) is 6.02. The van der Waals surface area contributed by atoms with Crippen LogP contribution in [0.2, 0.25) is 0 Å². The second-order valence-electron chi connectivity index (χ2n) is 3.67. The molecule has 0 aromatic heterocycles. The molecule has 0 atom stereocenters. The third-order valence-electron chi connectivity index (χ3n) is 2.03. The van der Waals surface area contributed by atoms with Crippen molar-refractivity contribution >= 4 is 33.0 Å². The van der Waals surface area contributed by atoms with Crippen molar-refractivity contribution < 1.29 is 11.5 Å². The van der Waals surface area contributed by atoms with Crippen molar-refractivity contribution in [2.24, 2.45) is 0 Å². The van der Waals surface area contributed by atoms with Gasteiger partial charge in [0.05, 0.1) is 12.9 Å². The number of sulfonamides is 1. The third kappa shape index (κ3) is 11.1. The Labute approximate surface area is 113 Å². The van der Waals surface area contributed by atoms with E-state index in [9.17, 15) is 8.42 Å². The van der Waals surface area contributed by atoms with Gasteiger partial charge in [-0.25, -0.2) is 13.1 Å². The normalized spacial score (nSPS) is 12.2. The summed E-state index contributed by atoms with van der Waals surface area (Å²) >= 11 is 1.88. The van der Waals surface area contributed by atoms with Crippen LogP contribution < -0.4 is 4.72 Å². The van der Waals surface area contributed by atoms with E-state index >= 15 is 0 Å². The van der Waals surface area contributed by atoms with E-state index in [0.29, 0.717) is 6.54 Å². The molecule has 0 bridgehead atoms. The number of nitrogens with zero attached hydrogens (tertiary/aromatic N) is 1. The van der Waals surface area contributed by atoms with E-state index in [1.165, 1.54) is 6.26 Å². The van der Waals surface area contributed by atoms with Crippen LogP contribution in [0.5, 0.6) is 0 Å². The van der Waals surface area contributed by atoms with Gasteiger partial charge in [0.15, 0.2) is 0 Å². The maximum absolute atomic E-state index is 10.9. The molecule has 0 spiro atoms. The van der Waals surface area contributed by atoms with Gasteiger partial charge in [0.2, 0.25) is 10.0 Å². The Morgan fingerprint density at radius 2 is 2.00 bits per heavy atom. The van der Waals surface area contributed by atoms with Crippen LogP contribution in [0.4, 0.5) is 0 Å². The van der Waals surface area contributed by atoms with Gasteiger partial charge in [0.25, 0.3) is 0 Å². The summed E-state index contributed by atoms with van der Waals surface area (Å²) in [5, 5.41) is 0. The van der Waals surface area contributed by atoms with Crippen LogP contribution in [-0.2, 0) is 13.1 Å². The SMILES string of the molecule is CCCN(CCCOI)CCNS(C)(=O)=O. The van der Waals surface area contributed by atoms with E-state index in [1.54, 1.807) is 0 Å². The molecule has 98 valence electrons. The van der Waals surface area contributed by atoms with Gasteiger partial charge in [0, 0.05) is 19.6 Å². The predicted octanol–water partition coefficient (Wildman–Crippen LogP) is 1.00. The minimum Gasteiger partial charge on any atom is -0.316 e. The highest BCUT2D eigenvalue weighted by Gasteiger charge is 2.05. The molecule has 0 aliphatic rings. The zero-order valence-corrected chi connectivity index (χ0v) is 12.9. The second-order valence-corrected chi connectivity index (χ2v) is 6.13. The lowest BCUT2D eigenvalue weighted by Gasteiger charge is -2.21. The van der Waals surface area contributed by atoms with Crippen molar-refractivity contribution in [3.05, 3.63) is 0 Å². The largest absolute Gasteiger partial charge is 0.316 e. The van der Waals surface area contributed by atoms with Crippen LogP contribution in [-0.4, -0.2) is 52.4 Å². The van der Waals surface area contributed by atoms with Crippen LogP contribution in [0, 0.1) is 0 Å². The van der Waals surface area contributed by atoms with Crippen LogP contribution in [0.15, 0.2) is 0 Å². The highest BCUT2D eigenvalue weighted by Crippen LogP contribution is 1.96. The first-order chi connectivity index (χ1) is 7.49. The van der Waals surface area contributed by atoms with Crippen molar-refractivity contribution in [3.8, 4) is 0 Å². The van der Waals surface area contributed by atoms with Gasteiger partial charge >= 0.3 is 0 Å². The molecule has 7 heteroatoms. The molecule has 0 heterocycles. The number of halogens is 1. The zero-order valence-electron chi connectivity index (χ0n) is 9.91. The molecule has 0 rings (SSSR count). The van der Waals surface area contributed by atoms with Crippen molar-refractivity contribution in [1.82, 2.24) is 9.62 Å². The Morgan fingerprint density at radius 1 is 1.31 bits per heavy atom. The highest BCUT2D eigenvalue weighted by molar-refractivity contribution is 14.1. The summed E-state index contributed by atoms with van der Waals surface area (Å²) in [5.41, 5.74) is 0. The van der Waals surface area contributed by atoms with Gasteiger partial charge in [0.1, 0.15) is 23.0 Å². The van der Waals surface area contributed by atoms with Gasteiger partial charge in [-0.2, -0.15) is 0 Å². The van der Waals surface area contributed by atoms with Crippen molar-refractivity contribution in [1.29, 1.82) is 0 Å². The Balaban J connectivity index is 3.75. The maximum Gasteiger partial charge on any atom is 0.208 e.